The van der Waals surface area contributed by atoms with Crippen molar-refractivity contribution in [2.24, 2.45) is 0 Å². The van der Waals surface area contributed by atoms with Crippen LogP contribution in [0.2, 0.25) is 0 Å². The van der Waals surface area contributed by atoms with Gasteiger partial charge in [0.2, 0.25) is 10.0 Å². The first kappa shape index (κ1) is 17.5. The van der Waals surface area contributed by atoms with Gasteiger partial charge in [0.05, 0.1) is 11.3 Å². The third kappa shape index (κ3) is 3.83. The number of rotatable bonds is 5. The molecule has 0 amide bonds. The Morgan fingerprint density at radius 2 is 1.96 bits per heavy atom. The van der Waals surface area contributed by atoms with Gasteiger partial charge in [-0.15, -0.1) is 11.3 Å². The van der Waals surface area contributed by atoms with Gasteiger partial charge in [0.25, 0.3) is 0 Å². The van der Waals surface area contributed by atoms with Crippen LogP contribution in [-0.2, 0) is 26.1 Å². The van der Waals surface area contributed by atoms with Crippen LogP contribution in [0.15, 0.2) is 35.7 Å². The van der Waals surface area contributed by atoms with Gasteiger partial charge in [-0.05, 0) is 42.5 Å². The number of benzene rings is 1. The van der Waals surface area contributed by atoms with Crippen LogP contribution < -0.4 is 4.72 Å². The van der Waals surface area contributed by atoms with Crippen molar-refractivity contribution in [2.45, 2.75) is 24.1 Å². The van der Waals surface area contributed by atoms with Gasteiger partial charge < -0.3 is 4.74 Å². The van der Waals surface area contributed by atoms with Crippen LogP contribution >= 0.6 is 11.3 Å². The number of nitrogens with one attached hydrogen (secondary N) is 1. The molecule has 0 saturated carbocycles. The Kier molecular flexibility index (Phi) is 5.00. The predicted octanol–water partition coefficient (Wildman–Crippen LogP) is 3.15. The second-order valence-electron chi connectivity index (χ2n) is 5.77. The summed E-state index contributed by atoms with van der Waals surface area (Å²) in [5.41, 5.74) is -0.939. The van der Waals surface area contributed by atoms with E-state index in [0.29, 0.717) is 26.1 Å². The fourth-order valence-electron chi connectivity index (χ4n) is 2.86. The summed E-state index contributed by atoms with van der Waals surface area (Å²) in [4.78, 5) is 0.897. The average molecular weight is 373 g/mol. The van der Waals surface area contributed by atoms with Crippen LogP contribution in [0, 0.1) is 11.6 Å². The lowest BCUT2D eigenvalue weighted by Crippen LogP contribution is -2.49. The molecule has 1 aromatic carbocycles. The summed E-state index contributed by atoms with van der Waals surface area (Å²) in [6.45, 7) is 0.878. The van der Waals surface area contributed by atoms with Crippen molar-refractivity contribution in [3.8, 4) is 0 Å². The van der Waals surface area contributed by atoms with Gasteiger partial charge in [-0.1, -0.05) is 6.07 Å². The largest absolute Gasteiger partial charge is 0.381 e. The van der Waals surface area contributed by atoms with Crippen molar-refractivity contribution in [3.05, 3.63) is 57.8 Å². The average Bonchev–Trinajstić information content (AvgIpc) is 3.06. The van der Waals surface area contributed by atoms with Crippen molar-refractivity contribution >= 4 is 21.4 Å². The van der Waals surface area contributed by atoms with E-state index in [1.165, 1.54) is 11.3 Å². The summed E-state index contributed by atoms with van der Waals surface area (Å²) >= 11 is 1.46. The topological polar surface area (TPSA) is 55.4 Å². The van der Waals surface area contributed by atoms with Gasteiger partial charge in [0.15, 0.2) is 0 Å². The fraction of sp³-hybridized carbons (Fsp3) is 0.375. The standard InChI is InChI=1S/C16H17F2NO3S2/c17-13-3-4-14(18)12(10-13)11-24(20,21)19-16(5-7-22-8-6-16)15-2-1-9-23-15/h1-4,9-10,19H,5-8,11H2. The van der Waals surface area contributed by atoms with Crippen molar-refractivity contribution in [1.29, 1.82) is 0 Å². The van der Waals surface area contributed by atoms with Gasteiger partial charge in [0, 0.05) is 23.7 Å². The van der Waals surface area contributed by atoms with Crippen molar-refractivity contribution in [1.82, 2.24) is 4.72 Å². The van der Waals surface area contributed by atoms with E-state index in [-0.39, 0.29) is 5.56 Å². The smallest absolute Gasteiger partial charge is 0.216 e. The summed E-state index contributed by atoms with van der Waals surface area (Å²) in [5, 5.41) is 1.88. The molecule has 1 N–H and O–H groups in total. The monoisotopic (exact) mass is 373 g/mol. The quantitative estimate of drug-likeness (QED) is 0.876. The minimum atomic E-state index is -3.86. The Balaban J connectivity index is 1.87. The van der Waals surface area contributed by atoms with E-state index >= 15 is 0 Å². The molecule has 130 valence electrons. The Bertz CT molecular complexity index is 801. The van der Waals surface area contributed by atoms with Gasteiger partial charge in [-0.2, -0.15) is 0 Å². The van der Waals surface area contributed by atoms with Gasteiger partial charge >= 0.3 is 0 Å². The highest BCUT2D eigenvalue weighted by molar-refractivity contribution is 7.88. The zero-order valence-electron chi connectivity index (χ0n) is 12.8. The predicted molar refractivity (Wildman–Crippen MR) is 88.2 cm³/mol. The van der Waals surface area contributed by atoms with E-state index in [1.807, 2.05) is 17.5 Å². The highest BCUT2D eigenvalue weighted by Gasteiger charge is 2.39. The van der Waals surface area contributed by atoms with Gasteiger partial charge in [-0.25, -0.2) is 21.9 Å². The number of hydrogen-bond acceptors (Lipinski definition) is 4. The van der Waals surface area contributed by atoms with Crippen LogP contribution in [-0.4, -0.2) is 21.6 Å². The summed E-state index contributed by atoms with van der Waals surface area (Å²) < 4.78 is 60.3. The van der Waals surface area contributed by atoms with Crippen LogP contribution in [0.4, 0.5) is 8.78 Å². The zero-order valence-corrected chi connectivity index (χ0v) is 14.4. The second kappa shape index (κ2) is 6.87. The zero-order chi connectivity index (χ0) is 17.2. The number of sulfonamides is 1. The van der Waals surface area contributed by atoms with E-state index in [4.69, 9.17) is 4.74 Å². The first-order chi connectivity index (χ1) is 11.4. The molecule has 3 rings (SSSR count). The number of ether oxygens (including phenoxy) is 1. The highest BCUT2D eigenvalue weighted by atomic mass is 32.2. The molecule has 24 heavy (non-hydrogen) atoms. The Morgan fingerprint density at radius 1 is 1.21 bits per heavy atom. The van der Waals surface area contributed by atoms with Crippen molar-refractivity contribution in [3.63, 3.8) is 0 Å². The summed E-state index contributed by atoms with van der Waals surface area (Å²) in [6.07, 6.45) is 0.997. The lowest BCUT2D eigenvalue weighted by atomic mass is 9.90. The van der Waals surface area contributed by atoms with Gasteiger partial charge in [0.1, 0.15) is 11.6 Å². The van der Waals surface area contributed by atoms with Crippen molar-refractivity contribution < 1.29 is 21.9 Å². The third-order valence-corrected chi connectivity index (χ3v) is 6.51. The minimum absolute atomic E-state index is 0.184. The SMILES string of the molecule is O=S(=O)(Cc1cc(F)ccc1F)NC1(c2cccs2)CCOCC1. The summed E-state index contributed by atoms with van der Waals surface area (Å²) in [7, 11) is -3.86. The van der Waals surface area contributed by atoms with E-state index in [9.17, 15) is 17.2 Å². The first-order valence-corrected chi connectivity index (χ1v) is 10.0. The molecular formula is C16H17F2NO3S2. The van der Waals surface area contributed by atoms with Crippen molar-refractivity contribution in [2.75, 3.05) is 13.2 Å². The fourth-order valence-corrected chi connectivity index (χ4v) is 5.48. The molecule has 0 spiro atoms. The molecule has 1 aliphatic rings. The normalized spacial score (nSPS) is 17.8. The second-order valence-corrected chi connectivity index (χ2v) is 8.44. The Hall–Kier alpha value is -1.35. The Labute approximate surface area is 143 Å². The molecule has 2 heterocycles. The maximum absolute atomic E-state index is 13.8. The van der Waals surface area contributed by atoms with Crippen LogP contribution in [0.25, 0.3) is 0 Å². The van der Waals surface area contributed by atoms with E-state index in [2.05, 4.69) is 4.72 Å². The number of halogens is 2. The minimum Gasteiger partial charge on any atom is -0.381 e. The van der Waals surface area contributed by atoms with Crippen LogP contribution in [0.5, 0.6) is 0 Å². The molecule has 0 bridgehead atoms. The Morgan fingerprint density at radius 3 is 2.62 bits per heavy atom. The molecule has 0 atom stereocenters. The van der Waals surface area contributed by atoms with Crippen LogP contribution in [0.3, 0.4) is 0 Å². The molecule has 1 fully saturated rings. The molecule has 0 aliphatic carbocycles. The number of hydrogen-bond donors (Lipinski definition) is 1. The van der Waals surface area contributed by atoms with Gasteiger partial charge in [-0.3, -0.25) is 0 Å². The molecule has 4 nitrogen and oxygen atoms in total. The molecule has 1 saturated heterocycles. The maximum atomic E-state index is 13.8. The molecule has 1 aromatic heterocycles. The molecule has 2 aromatic rings. The molecule has 8 heteroatoms. The lowest BCUT2D eigenvalue weighted by Gasteiger charge is -2.37. The number of thiophene rings is 1. The first-order valence-electron chi connectivity index (χ1n) is 7.48. The molecule has 1 aliphatic heterocycles. The summed E-state index contributed by atoms with van der Waals surface area (Å²) in [5.74, 6) is -2.01. The van der Waals surface area contributed by atoms with E-state index in [1.54, 1.807) is 0 Å². The summed E-state index contributed by atoms with van der Waals surface area (Å²) in [6, 6.07) is 6.55. The molecule has 0 radical (unpaired) electrons. The van der Waals surface area contributed by atoms with Crippen LogP contribution in [0.1, 0.15) is 23.3 Å². The maximum Gasteiger partial charge on any atom is 0.216 e. The van der Waals surface area contributed by atoms with E-state index in [0.717, 1.165) is 23.1 Å². The molecule has 0 unspecified atom stereocenters. The third-order valence-electron chi connectivity index (χ3n) is 4.04. The van der Waals surface area contributed by atoms with E-state index < -0.39 is 32.9 Å². The highest BCUT2D eigenvalue weighted by Crippen LogP contribution is 2.36. The molecular weight excluding hydrogens is 356 g/mol. The lowest BCUT2D eigenvalue weighted by molar-refractivity contribution is 0.0472.